The molecule has 4 rings (SSSR count). The summed E-state index contributed by atoms with van der Waals surface area (Å²) in [6, 6.07) is 13.9. The van der Waals surface area contributed by atoms with E-state index in [1.54, 1.807) is 6.20 Å². The highest BCUT2D eigenvalue weighted by Gasteiger charge is 2.24. The maximum atomic E-state index is 12.5. The van der Waals surface area contributed by atoms with Gasteiger partial charge in [0.05, 0.1) is 17.9 Å². The molecule has 5 nitrogen and oxygen atoms in total. The lowest BCUT2D eigenvalue weighted by Crippen LogP contribution is -2.25. The molecule has 0 atom stereocenters. The number of nitrogens with zero attached hydrogens (tertiary/aromatic N) is 2. The quantitative estimate of drug-likeness (QED) is 0.781. The van der Waals surface area contributed by atoms with Crippen LogP contribution in [-0.4, -0.2) is 21.1 Å². The lowest BCUT2D eigenvalue weighted by molar-refractivity contribution is 0.0944. The van der Waals surface area contributed by atoms with Gasteiger partial charge in [-0.1, -0.05) is 30.3 Å². The second-order valence-corrected chi connectivity index (χ2v) is 5.59. The second-order valence-electron chi connectivity index (χ2n) is 5.59. The first-order chi connectivity index (χ1) is 11.3. The fraction of sp³-hybridized carbons (Fsp3) is 0.167. The smallest absolute Gasteiger partial charge is 0.269 e. The molecule has 23 heavy (non-hydrogen) atoms. The minimum absolute atomic E-state index is 0.135. The van der Waals surface area contributed by atoms with Gasteiger partial charge in [-0.2, -0.15) is 5.10 Å². The van der Waals surface area contributed by atoms with Crippen LogP contribution >= 0.6 is 0 Å². The summed E-state index contributed by atoms with van der Waals surface area (Å²) < 4.78 is 0. The van der Waals surface area contributed by atoms with Gasteiger partial charge in [0, 0.05) is 17.3 Å². The van der Waals surface area contributed by atoms with Crippen molar-refractivity contribution in [1.29, 1.82) is 0 Å². The van der Waals surface area contributed by atoms with Crippen LogP contribution < -0.4 is 5.32 Å². The van der Waals surface area contributed by atoms with Crippen LogP contribution in [0.2, 0.25) is 0 Å². The molecule has 2 N–H and O–H groups in total. The monoisotopic (exact) mass is 304 g/mol. The van der Waals surface area contributed by atoms with E-state index in [4.69, 9.17) is 0 Å². The first-order valence-corrected chi connectivity index (χ1v) is 7.66. The number of fused-ring (bicyclic) bond motifs is 3. The largest absolute Gasteiger partial charge is 0.345 e. The minimum Gasteiger partial charge on any atom is -0.345 e. The van der Waals surface area contributed by atoms with Gasteiger partial charge in [-0.3, -0.25) is 14.9 Å². The number of nitrogens with one attached hydrogen (secondary N) is 2. The normalized spacial score (nSPS) is 12.3. The lowest BCUT2D eigenvalue weighted by Gasteiger charge is -2.15. The molecule has 114 valence electrons. The summed E-state index contributed by atoms with van der Waals surface area (Å²) in [6.45, 7) is 0.407. The van der Waals surface area contributed by atoms with Gasteiger partial charge in [-0.25, -0.2) is 0 Å². The van der Waals surface area contributed by atoms with E-state index in [9.17, 15) is 4.79 Å². The standard InChI is InChI=1S/C18H16N4O/c23-18(20-11-13-6-3-4-10-19-13)17-15-9-8-12-5-1-2-7-14(12)16(15)21-22-17/h1-7,10H,8-9,11H2,(H,20,23)(H,21,22). The Labute approximate surface area is 133 Å². The average molecular weight is 304 g/mol. The van der Waals surface area contributed by atoms with Crippen molar-refractivity contribution in [2.45, 2.75) is 19.4 Å². The minimum atomic E-state index is -0.135. The summed E-state index contributed by atoms with van der Waals surface area (Å²) in [7, 11) is 0. The van der Waals surface area contributed by atoms with Gasteiger partial charge < -0.3 is 5.32 Å². The molecule has 0 radical (unpaired) electrons. The number of rotatable bonds is 3. The Morgan fingerprint density at radius 2 is 2.00 bits per heavy atom. The molecule has 0 spiro atoms. The molecular formula is C18H16N4O. The molecule has 3 aromatic rings. The van der Waals surface area contributed by atoms with Crippen molar-refractivity contribution < 1.29 is 4.79 Å². The molecule has 2 aromatic heterocycles. The molecule has 0 fully saturated rings. The van der Waals surface area contributed by atoms with Crippen molar-refractivity contribution in [3.8, 4) is 11.3 Å². The third-order valence-electron chi connectivity index (χ3n) is 4.17. The molecule has 5 heteroatoms. The zero-order valence-electron chi connectivity index (χ0n) is 12.5. The van der Waals surface area contributed by atoms with Crippen LogP contribution in [-0.2, 0) is 19.4 Å². The summed E-state index contributed by atoms with van der Waals surface area (Å²) >= 11 is 0. The van der Waals surface area contributed by atoms with Crippen molar-refractivity contribution in [3.63, 3.8) is 0 Å². The van der Waals surface area contributed by atoms with Gasteiger partial charge in [0.25, 0.3) is 5.91 Å². The van der Waals surface area contributed by atoms with Gasteiger partial charge in [-0.15, -0.1) is 0 Å². The Hall–Kier alpha value is -2.95. The van der Waals surface area contributed by atoms with Gasteiger partial charge in [-0.05, 0) is 30.5 Å². The number of amides is 1. The number of pyridine rings is 1. The molecule has 0 aliphatic heterocycles. The first-order valence-electron chi connectivity index (χ1n) is 7.66. The average Bonchev–Trinajstić information content (AvgIpc) is 3.05. The highest BCUT2D eigenvalue weighted by atomic mass is 16.1. The number of benzene rings is 1. The van der Waals surface area contributed by atoms with E-state index >= 15 is 0 Å². The van der Waals surface area contributed by atoms with Crippen molar-refractivity contribution >= 4 is 5.91 Å². The Kier molecular flexibility index (Phi) is 3.38. The van der Waals surface area contributed by atoms with Gasteiger partial charge in [0.2, 0.25) is 0 Å². The fourth-order valence-corrected chi connectivity index (χ4v) is 3.01. The third kappa shape index (κ3) is 2.50. The first kappa shape index (κ1) is 13.7. The molecule has 0 bridgehead atoms. The van der Waals surface area contributed by atoms with Crippen LogP contribution in [0.5, 0.6) is 0 Å². The van der Waals surface area contributed by atoms with E-state index in [-0.39, 0.29) is 5.91 Å². The summed E-state index contributed by atoms with van der Waals surface area (Å²) in [6.07, 6.45) is 3.48. The Bertz CT molecular complexity index is 854. The molecule has 1 amide bonds. The predicted molar refractivity (Wildman–Crippen MR) is 86.8 cm³/mol. The van der Waals surface area contributed by atoms with Crippen LogP contribution in [0, 0.1) is 0 Å². The van der Waals surface area contributed by atoms with Crippen LogP contribution in [0.1, 0.15) is 27.3 Å². The van der Waals surface area contributed by atoms with Crippen molar-refractivity contribution in [3.05, 3.63) is 71.2 Å². The molecule has 0 saturated carbocycles. The number of carbonyl (C=O) groups is 1. The fourth-order valence-electron chi connectivity index (χ4n) is 3.01. The van der Waals surface area contributed by atoms with Crippen molar-refractivity contribution in [2.24, 2.45) is 0 Å². The van der Waals surface area contributed by atoms with E-state index < -0.39 is 0 Å². The number of H-pyrrole nitrogens is 1. The molecule has 1 aromatic carbocycles. The predicted octanol–water partition coefficient (Wildman–Crippen LogP) is 2.50. The lowest BCUT2D eigenvalue weighted by atomic mass is 9.89. The molecular weight excluding hydrogens is 288 g/mol. The van der Waals surface area contributed by atoms with E-state index in [1.165, 1.54) is 5.56 Å². The summed E-state index contributed by atoms with van der Waals surface area (Å²) in [5, 5.41) is 10.2. The maximum absolute atomic E-state index is 12.5. The van der Waals surface area contributed by atoms with E-state index in [0.717, 1.165) is 35.4 Å². The number of aromatic nitrogens is 3. The van der Waals surface area contributed by atoms with E-state index in [2.05, 4.69) is 32.6 Å². The van der Waals surface area contributed by atoms with Gasteiger partial charge >= 0.3 is 0 Å². The summed E-state index contributed by atoms with van der Waals surface area (Å²) in [5.41, 5.74) is 5.70. The highest BCUT2D eigenvalue weighted by Crippen LogP contribution is 2.33. The molecule has 1 aliphatic carbocycles. The maximum Gasteiger partial charge on any atom is 0.269 e. The van der Waals surface area contributed by atoms with Crippen LogP contribution in [0.4, 0.5) is 0 Å². The number of aromatic amines is 1. The topological polar surface area (TPSA) is 70.7 Å². The molecule has 0 saturated heterocycles. The van der Waals surface area contributed by atoms with Gasteiger partial charge in [0.15, 0.2) is 0 Å². The summed E-state index contributed by atoms with van der Waals surface area (Å²) in [4.78, 5) is 16.7. The van der Waals surface area contributed by atoms with Crippen molar-refractivity contribution in [1.82, 2.24) is 20.5 Å². The second kappa shape index (κ2) is 5.68. The number of aryl methyl sites for hydroxylation is 1. The number of hydrogen-bond acceptors (Lipinski definition) is 3. The SMILES string of the molecule is O=C(NCc1ccccn1)c1[nH]nc2c1CCc1ccccc1-2. The Balaban J connectivity index is 1.57. The Morgan fingerprint density at radius 1 is 1.13 bits per heavy atom. The van der Waals surface area contributed by atoms with Gasteiger partial charge in [0.1, 0.15) is 5.69 Å². The van der Waals surface area contributed by atoms with E-state index in [1.807, 2.05) is 30.3 Å². The molecule has 2 heterocycles. The van der Waals surface area contributed by atoms with E-state index in [0.29, 0.717) is 12.2 Å². The number of carbonyl (C=O) groups excluding carboxylic acids is 1. The highest BCUT2D eigenvalue weighted by molar-refractivity contribution is 5.95. The molecule has 0 unspecified atom stereocenters. The van der Waals surface area contributed by atoms with Crippen LogP contribution in [0.15, 0.2) is 48.7 Å². The zero-order chi connectivity index (χ0) is 15.6. The third-order valence-corrected chi connectivity index (χ3v) is 4.17. The molecule has 1 aliphatic rings. The zero-order valence-corrected chi connectivity index (χ0v) is 12.5. The van der Waals surface area contributed by atoms with Crippen LogP contribution in [0.3, 0.4) is 0 Å². The summed E-state index contributed by atoms with van der Waals surface area (Å²) in [5.74, 6) is -0.135. The van der Waals surface area contributed by atoms with Crippen molar-refractivity contribution in [2.75, 3.05) is 0 Å². The van der Waals surface area contributed by atoms with Crippen LogP contribution in [0.25, 0.3) is 11.3 Å². The Morgan fingerprint density at radius 3 is 2.87 bits per heavy atom. The number of hydrogen-bond donors (Lipinski definition) is 2.